The summed E-state index contributed by atoms with van der Waals surface area (Å²) < 4.78 is 10.7. The van der Waals surface area contributed by atoms with Crippen molar-refractivity contribution >= 4 is 11.6 Å². The summed E-state index contributed by atoms with van der Waals surface area (Å²) in [6.45, 7) is 1.36. The van der Waals surface area contributed by atoms with Gasteiger partial charge in [-0.05, 0) is 17.7 Å². The first-order valence-corrected chi connectivity index (χ1v) is 6.62. The number of ether oxygens (including phenoxy) is 2. The van der Waals surface area contributed by atoms with Gasteiger partial charge in [0.2, 0.25) is 0 Å². The average Bonchev–Trinajstić information content (AvgIpc) is 2.47. The molecule has 0 radical (unpaired) electrons. The Morgan fingerprint density at radius 1 is 1.20 bits per heavy atom. The van der Waals surface area contributed by atoms with Gasteiger partial charge < -0.3 is 14.8 Å². The van der Waals surface area contributed by atoms with Crippen LogP contribution in [0.3, 0.4) is 0 Å². The van der Waals surface area contributed by atoms with Crippen molar-refractivity contribution in [2.75, 3.05) is 14.2 Å². The second kappa shape index (κ2) is 7.12. The third-order valence-electron chi connectivity index (χ3n) is 2.89. The Bertz CT molecular complexity index is 561. The van der Waals surface area contributed by atoms with E-state index in [1.54, 1.807) is 26.5 Å². The predicted octanol–water partition coefficient (Wildman–Crippen LogP) is 3.04. The van der Waals surface area contributed by atoms with Crippen molar-refractivity contribution in [1.29, 1.82) is 0 Å². The van der Waals surface area contributed by atoms with Crippen LogP contribution in [0.25, 0.3) is 0 Å². The van der Waals surface area contributed by atoms with Crippen LogP contribution in [-0.4, -0.2) is 19.2 Å². The first-order chi connectivity index (χ1) is 9.74. The summed E-state index contributed by atoms with van der Waals surface area (Å²) in [5, 5.41) is 3.96. The summed E-state index contributed by atoms with van der Waals surface area (Å²) in [4.78, 5) is 4.08. The number of nitrogens with zero attached hydrogens (tertiary/aromatic N) is 1. The van der Waals surface area contributed by atoms with Gasteiger partial charge in [-0.25, -0.2) is 0 Å². The molecule has 0 saturated carbocycles. The van der Waals surface area contributed by atoms with E-state index in [0.29, 0.717) is 23.1 Å². The Balaban J connectivity index is 2.07. The van der Waals surface area contributed by atoms with Crippen LogP contribution in [0.4, 0.5) is 0 Å². The van der Waals surface area contributed by atoms with Crippen molar-refractivity contribution in [2.45, 2.75) is 13.1 Å². The molecule has 1 heterocycles. The van der Waals surface area contributed by atoms with Gasteiger partial charge in [-0.15, -0.1) is 0 Å². The molecule has 0 spiro atoms. The summed E-state index contributed by atoms with van der Waals surface area (Å²) in [6, 6.07) is 7.56. The summed E-state index contributed by atoms with van der Waals surface area (Å²) in [5.41, 5.74) is 2.08. The molecule has 1 aromatic heterocycles. The van der Waals surface area contributed by atoms with Gasteiger partial charge in [0.15, 0.2) is 11.5 Å². The number of halogens is 1. The maximum atomic E-state index is 6.08. The normalized spacial score (nSPS) is 10.3. The molecular weight excluding hydrogens is 276 g/mol. The van der Waals surface area contributed by atoms with Gasteiger partial charge in [0.05, 0.1) is 14.2 Å². The van der Waals surface area contributed by atoms with Crippen LogP contribution >= 0.6 is 11.6 Å². The van der Waals surface area contributed by atoms with E-state index in [2.05, 4.69) is 10.3 Å². The van der Waals surface area contributed by atoms with Crippen molar-refractivity contribution in [3.05, 3.63) is 52.8 Å². The molecule has 1 aromatic carbocycles. The van der Waals surface area contributed by atoms with Gasteiger partial charge in [0, 0.05) is 42.1 Å². The number of nitrogens with one attached hydrogen (secondary N) is 1. The smallest absolute Gasteiger partial charge is 0.165 e. The highest BCUT2D eigenvalue weighted by Gasteiger charge is 2.11. The zero-order chi connectivity index (χ0) is 14.4. The second-order valence-electron chi connectivity index (χ2n) is 4.27. The number of aromatic nitrogens is 1. The van der Waals surface area contributed by atoms with Gasteiger partial charge in [0.1, 0.15) is 0 Å². The van der Waals surface area contributed by atoms with E-state index in [1.165, 1.54) is 0 Å². The number of rotatable bonds is 6. The van der Waals surface area contributed by atoms with Gasteiger partial charge in [-0.3, -0.25) is 4.98 Å². The van der Waals surface area contributed by atoms with E-state index in [0.717, 1.165) is 17.7 Å². The molecule has 0 atom stereocenters. The lowest BCUT2D eigenvalue weighted by Gasteiger charge is -2.14. The van der Waals surface area contributed by atoms with Crippen molar-refractivity contribution in [2.24, 2.45) is 0 Å². The quantitative estimate of drug-likeness (QED) is 0.889. The highest BCUT2D eigenvalue weighted by Crippen LogP contribution is 2.34. The molecule has 2 rings (SSSR count). The van der Waals surface area contributed by atoms with Crippen LogP contribution in [0.1, 0.15) is 11.1 Å². The SMILES string of the molecule is COc1cc(Cl)cc(CNCc2cccnc2)c1OC. The summed E-state index contributed by atoms with van der Waals surface area (Å²) >= 11 is 6.08. The Morgan fingerprint density at radius 3 is 2.70 bits per heavy atom. The lowest BCUT2D eigenvalue weighted by atomic mass is 10.1. The fourth-order valence-corrected chi connectivity index (χ4v) is 2.21. The molecule has 2 aromatic rings. The third kappa shape index (κ3) is 3.62. The summed E-state index contributed by atoms with van der Waals surface area (Å²) in [7, 11) is 3.22. The fraction of sp³-hybridized carbons (Fsp3) is 0.267. The molecule has 5 heteroatoms. The molecule has 0 saturated heterocycles. The molecule has 0 fully saturated rings. The zero-order valence-corrected chi connectivity index (χ0v) is 12.3. The highest BCUT2D eigenvalue weighted by molar-refractivity contribution is 6.30. The Labute approximate surface area is 123 Å². The molecule has 1 N–H and O–H groups in total. The van der Waals surface area contributed by atoms with Crippen molar-refractivity contribution in [1.82, 2.24) is 10.3 Å². The molecule has 0 amide bonds. The van der Waals surface area contributed by atoms with Crippen LogP contribution in [0.15, 0.2) is 36.7 Å². The maximum Gasteiger partial charge on any atom is 0.165 e. The molecule has 0 aliphatic heterocycles. The first-order valence-electron chi connectivity index (χ1n) is 6.24. The van der Waals surface area contributed by atoms with E-state index in [-0.39, 0.29) is 0 Å². The molecule has 20 heavy (non-hydrogen) atoms. The van der Waals surface area contributed by atoms with Crippen LogP contribution in [0.5, 0.6) is 11.5 Å². The minimum absolute atomic E-state index is 0.626. The van der Waals surface area contributed by atoms with Crippen LogP contribution in [0.2, 0.25) is 5.02 Å². The van der Waals surface area contributed by atoms with Crippen LogP contribution in [-0.2, 0) is 13.1 Å². The van der Waals surface area contributed by atoms with Crippen LogP contribution in [0, 0.1) is 0 Å². The lowest BCUT2D eigenvalue weighted by Crippen LogP contribution is -2.13. The van der Waals surface area contributed by atoms with Crippen molar-refractivity contribution in [3.8, 4) is 11.5 Å². The number of hydrogen-bond acceptors (Lipinski definition) is 4. The summed E-state index contributed by atoms with van der Waals surface area (Å²) in [6.07, 6.45) is 3.59. The minimum Gasteiger partial charge on any atom is -0.493 e. The Hall–Kier alpha value is -1.78. The van der Waals surface area contributed by atoms with Gasteiger partial charge in [-0.1, -0.05) is 17.7 Å². The molecular formula is C15H17ClN2O2. The van der Waals surface area contributed by atoms with Gasteiger partial charge in [0.25, 0.3) is 0 Å². The monoisotopic (exact) mass is 292 g/mol. The number of benzene rings is 1. The minimum atomic E-state index is 0.626. The van der Waals surface area contributed by atoms with Crippen molar-refractivity contribution in [3.63, 3.8) is 0 Å². The van der Waals surface area contributed by atoms with Gasteiger partial charge >= 0.3 is 0 Å². The largest absolute Gasteiger partial charge is 0.493 e. The van der Waals surface area contributed by atoms with E-state index in [4.69, 9.17) is 21.1 Å². The molecule has 106 valence electrons. The zero-order valence-electron chi connectivity index (χ0n) is 11.5. The van der Waals surface area contributed by atoms with E-state index in [9.17, 15) is 0 Å². The summed E-state index contributed by atoms with van der Waals surface area (Å²) in [5.74, 6) is 1.34. The standard InChI is InChI=1S/C15H17ClN2O2/c1-19-14-7-13(16)6-12(15(14)20-2)10-18-9-11-4-3-5-17-8-11/h3-8,18H,9-10H2,1-2H3. The Kier molecular flexibility index (Phi) is 5.21. The van der Waals surface area contributed by atoms with Gasteiger partial charge in [-0.2, -0.15) is 0 Å². The predicted molar refractivity (Wildman–Crippen MR) is 79.3 cm³/mol. The van der Waals surface area contributed by atoms with E-state index < -0.39 is 0 Å². The lowest BCUT2D eigenvalue weighted by molar-refractivity contribution is 0.350. The van der Waals surface area contributed by atoms with E-state index >= 15 is 0 Å². The molecule has 4 nitrogen and oxygen atoms in total. The first kappa shape index (κ1) is 14.6. The number of pyridine rings is 1. The molecule has 0 aliphatic rings. The van der Waals surface area contributed by atoms with E-state index in [1.807, 2.05) is 24.4 Å². The maximum absolute atomic E-state index is 6.08. The average molecular weight is 293 g/mol. The van der Waals surface area contributed by atoms with Crippen molar-refractivity contribution < 1.29 is 9.47 Å². The fourth-order valence-electron chi connectivity index (χ4n) is 1.98. The number of hydrogen-bond donors (Lipinski definition) is 1. The third-order valence-corrected chi connectivity index (χ3v) is 3.11. The topological polar surface area (TPSA) is 43.4 Å². The molecule has 0 bridgehead atoms. The van der Waals surface area contributed by atoms with Crippen LogP contribution < -0.4 is 14.8 Å². The number of methoxy groups -OCH3 is 2. The molecule has 0 unspecified atom stereocenters. The highest BCUT2D eigenvalue weighted by atomic mass is 35.5. The molecule has 0 aliphatic carbocycles. The second-order valence-corrected chi connectivity index (χ2v) is 4.70. The Morgan fingerprint density at radius 2 is 2.05 bits per heavy atom.